The Morgan fingerprint density at radius 2 is 1.93 bits per heavy atom. The van der Waals surface area contributed by atoms with Crippen molar-refractivity contribution < 1.29 is 4.79 Å². The quantitative estimate of drug-likeness (QED) is 0.503. The van der Waals surface area contributed by atoms with Crippen LogP contribution in [0, 0.1) is 6.92 Å². The van der Waals surface area contributed by atoms with Crippen molar-refractivity contribution in [3.63, 3.8) is 0 Å². The summed E-state index contributed by atoms with van der Waals surface area (Å²) in [4.78, 5) is 15.3. The Morgan fingerprint density at radius 1 is 1.07 bits per heavy atom. The van der Waals surface area contributed by atoms with Gasteiger partial charge in [-0.05, 0) is 48.9 Å². The van der Waals surface area contributed by atoms with Crippen LogP contribution < -0.4 is 4.90 Å². The molecule has 3 heterocycles. The van der Waals surface area contributed by atoms with E-state index in [1.54, 1.807) is 27.9 Å². The fourth-order valence-electron chi connectivity index (χ4n) is 3.66. The largest absolute Gasteiger partial charge is 0.302 e. The zero-order chi connectivity index (χ0) is 20.0. The molecule has 7 heteroatoms. The average Bonchev–Trinajstić information content (AvgIpc) is 3.32. The van der Waals surface area contributed by atoms with Gasteiger partial charge in [0, 0.05) is 18.1 Å². The molecule has 4 aromatic rings. The summed E-state index contributed by atoms with van der Waals surface area (Å²) < 4.78 is 3.67. The molecule has 0 N–H and O–H groups in total. The molecule has 6 nitrogen and oxygen atoms in total. The maximum absolute atomic E-state index is 13.5. The topological polar surface area (TPSA) is 56.0 Å². The summed E-state index contributed by atoms with van der Waals surface area (Å²) in [5.74, 6) is -0.139. The maximum Gasteiger partial charge on any atom is 0.260 e. The predicted molar refractivity (Wildman–Crippen MR) is 112 cm³/mol. The molecular weight excluding hydrogens is 386 g/mol. The number of amides is 1. The molecule has 1 aliphatic rings. The van der Waals surface area contributed by atoms with E-state index in [1.165, 1.54) is 0 Å². The van der Waals surface area contributed by atoms with E-state index in [9.17, 15) is 4.79 Å². The summed E-state index contributed by atoms with van der Waals surface area (Å²) >= 11 is 6.54. The second kappa shape index (κ2) is 6.90. The molecule has 5 rings (SSSR count). The number of carbonyl (C=O) groups excluding carboxylic acids is 1. The number of carbonyl (C=O) groups is 1. The second-order valence-corrected chi connectivity index (χ2v) is 7.47. The van der Waals surface area contributed by atoms with E-state index in [-0.39, 0.29) is 5.91 Å². The van der Waals surface area contributed by atoms with Gasteiger partial charge in [0.2, 0.25) is 0 Å². The second-order valence-electron chi connectivity index (χ2n) is 7.07. The smallest absolute Gasteiger partial charge is 0.260 e. The lowest BCUT2D eigenvalue weighted by atomic mass is 10.1. The monoisotopic (exact) mass is 403 g/mol. The van der Waals surface area contributed by atoms with Crippen molar-refractivity contribution in [3.8, 4) is 5.69 Å². The van der Waals surface area contributed by atoms with E-state index in [2.05, 4.69) is 10.2 Å². The number of nitrogens with zero attached hydrogens (tertiary/aromatic N) is 5. The number of rotatable bonds is 2. The lowest BCUT2D eigenvalue weighted by Crippen LogP contribution is -2.30. The van der Waals surface area contributed by atoms with Gasteiger partial charge in [-0.1, -0.05) is 29.8 Å². The van der Waals surface area contributed by atoms with Crippen LogP contribution >= 0.6 is 11.6 Å². The van der Waals surface area contributed by atoms with Crippen LogP contribution in [0.2, 0.25) is 5.02 Å². The van der Waals surface area contributed by atoms with Crippen LogP contribution in [-0.4, -0.2) is 25.5 Å². The van der Waals surface area contributed by atoms with E-state index in [0.717, 1.165) is 28.3 Å². The van der Waals surface area contributed by atoms with Crippen LogP contribution in [0.3, 0.4) is 0 Å². The predicted octanol–water partition coefficient (Wildman–Crippen LogP) is 4.24. The minimum atomic E-state index is -0.139. The number of hydrogen-bond acceptors (Lipinski definition) is 3. The molecule has 144 valence electrons. The normalized spacial score (nSPS) is 13.0. The number of para-hydroxylation sites is 1. The number of benzene rings is 2. The highest BCUT2D eigenvalue weighted by molar-refractivity contribution is 6.34. The molecule has 0 unspecified atom stereocenters. The van der Waals surface area contributed by atoms with Gasteiger partial charge in [-0.25, -0.2) is 4.68 Å². The molecule has 0 saturated carbocycles. The molecule has 0 aliphatic carbocycles. The Hall–Kier alpha value is -3.38. The number of aromatic nitrogens is 4. The lowest BCUT2D eigenvalue weighted by molar-refractivity contribution is 0.0985. The van der Waals surface area contributed by atoms with E-state index in [4.69, 9.17) is 11.6 Å². The molecule has 0 bridgehead atoms. The van der Waals surface area contributed by atoms with Crippen LogP contribution in [0.5, 0.6) is 0 Å². The molecule has 2 aromatic carbocycles. The molecule has 2 aromatic heterocycles. The molecule has 0 fully saturated rings. The summed E-state index contributed by atoms with van der Waals surface area (Å²) in [5.41, 5.74) is 5.10. The highest BCUT2D eigenvalue weighted by Crippen LogP contribution is 2.30. The average molecular weight is 404 g/mol. The maximum atomic E-state index is 13.5. The van der Waals surface area contributed by atoms with Gasteiger partial charge < -0.3 is 4.90 Å². The summed E-state index contributed by atoms with van der Waals surface area (Å²) in [7, 11) is 0. The molecule has 0 atom stereocenters. The van der Waals surface area contributed by atoms with Crippen LogP contribution in [0.4, 0.5) is 5.69 Å². The standard InChI is InChI=1S/C22H18ClN5O/c1-15-9-11-27(25-15)17-6-7-19(20(23)12-17)22(29)26-14-18-8-10-24-28(18)13-16-4-2-3-5-21(16)26/h2-12H,13-14H2,1H3. The summed E-state index contributed by atoms with van der Waals surface area (Å²) in [5, 5.41) is 9.19. The van der Waals surface area contributed by atoms with Crippen molar-refractivity contribution >= 4 is 23.2 Å². The van der Waals surface area contributed by atoms with Crippen LogP contribution in [0.15, 0.2) is 67.0 Å². The molecule has 1 amide bonds. The molecular formula is C22H18ClN5O. The molecule has 0 spiro atoms. The van der Waals surface area contributed by atoms with E-state index in [0.29, 0.717) is 23.7 Å². The fourth-order valence-corrected chi connectivity index (χ4v) is 3.91. The Kier molecular flexibility index (Phi) is 4.21. The van der Waals surface area contributed by atoms with E-state index in [1.807, 2.05) is 60.3 Å². The molecule has 1 aliphatic heterocycles. The number of halogens is 1. The van der Waals surface area contributed by atoms with E-state index >= 15 is 0 Å². The van der Waals surface area contributed by atoms with Gasteiger partial charge in [-0.3, -0.25) is 9.48 Å². The summed E-state index contributed by atoms with van der Waals surface area (Å²) in [6.45, 7) is 3.00. The first kappa shape index (κ1) is 17.7. The third-order valence-electron chi connectivity index (χ3n) is 5.14. The number of anilines is 1. The zero-order valence-electron chi connectivity index (χ0n) is 15.8. The first-order valence-corrected chi connectivity index (χ1v) is 9.70. The van der Waals surface area contributed by atoms with Gasteiger partial charge in [-0.2, -0.15) is 10.2 Å². The van der Waals surface area contributed by atoms with Crippen molar-refractivity contribution in [1.82, 2.24) is 19.6 Å². The van der Waals surface area contributed by atoms with Crippen LogP contribution in [0.1, 0.15) is 27.3 Å². The van der Waals surface area contributed by atoms with Crippen molar-refractivity contribution in [2.75, 3.05) is 4.90 Å². The minimum Gasteiger partial charge on any atom is -0.302 e. The first-order chi connectivity index (χ1) is 14.1. The van der Waals surface area contributed by atoms with Gasteiger partial charge >= 0.3 is 0 Å². The number of fused-ring (bicyclic) bond motifs is 2. The highest BCUT2D eigenvalue weighted by atomic mass is 35.5. The molecule has 0 saturated heterocycles. The summed E-state index contributed by atoms with van der Waals surface area (Å²) in [6, 6.07) is 17.2. The SMILES string of the molecule is Cc1ccn(-c2ccc(C(=O)N3Cc4ccnn4Cc4ccccc43)c(Cl)c2)n1. The first-order valence-electron chi connectivity index (χ1n) is 9.33. The van der Waals surface area contributed by atoms with Gasteiger partial charge in [0.25, 0.3) is 5.91 Å². The summed E-state index contributed by atoms with van der Waals surface area (Å²) in [6.07, 6.45) is 3.63. The number of aryl methyl sites for hydroxylation is 1. The third-order valence-corrected chi connectivity index (χ3v) is 5.46. The third kappa shape index (κ3) is 3.11. The number of hydrogen-bond donors (Lipinski definition) is 0. The Bertz CT molecular complexity index is 1230. The van der Waals surface area contributed by atoms with Gasteiger partial charge in [-0.15, -0.1) is 0 Å². The Balaban J connectivity index is 1.55. The highest BCUT2D eigenvalue weighted by Gasteiger charge is 2.26. The van der Waals surface area contributed by atoms with Crippen molar-refractivity contribution in [1.29, 1.82) is 0 Å². The Labute approximate surface area is 172 Å². The minimum absolute atomic E-state index is 0.139. The van der Waals surface area contributed by atoms with Crippen molar-refractivity contribution in [2.45, 2.75) is 20.0 Å². The molecule has 0 radical (unpaired) electrons. The zero-order valence-corrected chi connectivity index (χ0v) is 16.5. The van der Waals surface area contributed by atoms with E-state index < -0.39 is 0 Å². The van der Waals surface area contributed by atoms with Crippen LogP contribution in [0.25, 0.3) is 5.69 Å². The molecule has 29 heavy (non-hydrogen) atoms. The van der Waals surface area contributed by atoms with Crippen LogP contribution in [-0.2, 0) is 13.1 Å². The van der Waals surface area contributed by atoms with Crippen molar-refractivity contribution in [3.05, 3.63) is 94.5 Å². The van der Waals surface area contributed by atoms with Gasteiger partial charge in [0.15, 0.2) is 0 Å². The fraction of sp³-hybridized carbons (Fsp3) is 0.136. The lowest BCUT2D eigenvalue weighted by Gasteiger charge is -2.23. The van der Waals surface area contributed by atoms with Crippen molar-refractivity contribution in [2.24, 2.45) is 0 Å². The Morgan fingerprint density at radius 3 is 2.72 bits per heavy atom. The van der Waals surface area contributed by atoms with Gasteiger partial charge in [0.1, 0.15) is 0 Å². The van der Waals surface area contributed by atoms with Gasteiger partial charge in [0.05, 0.1) is 40.8 Å².